The third kappa shape index (κ3) is 3.50. The van der Waals surface area contributed by atoms with Crippen LogP contribution < -0.4 is 10.8 Å². The van der Waals surface area contributed by atoms with Crippen molar-refractivity contribution < 1.29 is 14.4 Å². The lowest BCUT2D eigenvalue weighted by atomic mass is 10.1. The van der Waals surface area contributed by atoms with E-state index in [1.165, 1.54) is 6.33 Å². The molecular formula is C19H17Cl2N4O3P. The number of aromatic nitrogens is 3. The van der Waals surface area contributed by atoms with Gasteiger partial charge in [0.05, 0.1) is 21.1 Å². The Morgan fingerprint density at radius 3 is 2.28 bits per heavy atom. The maximum atomic E-state index is 12.1. The second kappa shape index (κ2) is 6.97. The van der Waals surface area contributed by atoms with E-state index in [4.69, 9.17) is 23.2 Å². The van der Waals surface area contributed by atoms with Gasteiger partial charge in [-0.05, 0) is 44.0 Å². The first-order chi connectivity index (χ1) is 13.6. The Hall–Kier alpha value is -2.15. The van der Waals surface area contributed by atoms with Crippen molar-refractivity contribution in [2.24, 2.45) is 0 Å². The molecule has 2 aromatic carbocycles. The molecule has 0 atom stereocenters. The van der Waals surface area contributed by atoms with Crippen molar-refractivity contribution >= 4 is 64.3 Å². The van der Waals surface area contributed by atoms with Gasteiger partial charge in [-0.3, -0.25) is 8.97 Å². The monoisotopic (exact) mass is 450 g/mol. The van der Waals surface area contributed by atoms with Gasteiger partial charge in [0.2, 0.25) is 0 Å². The van der Waals surface area contributed by atoms with Crippen molar-refractivity contribution in [1.29, 1.82) is 0 Å². The van der Waals surface area contributed by atoms with E-state index < -0.39 is 7.60 Å². The van der Waals surface area contributed by atoms with E-state index in [1.807, 2.05) is 32.9 Å². The molecule has 0 spiro atoms. The molecule has 29 heavy (non-hydrogen) atoms. The lowest BCUT2D eigenvalue weighted by molar-refractivity contribution is 0.386. The van der Waals surface area contributed by atoms with Gasteiger partial charge >= 0.3 is 7.60 Å². The Morgan fingerprint density at radius 1 is 1.03 bits per heavy atom. The van der Waals surface area contributed by atoms with Crippen LogP contribution >= 0.6 is 30.8 Å². The van der Waals surface area contributed by atoms with Gasteiger partial charge in [0, 0.05) is 5.69 Å². The molecule has 4 rings (SSSR count). The Balaban J connectivity index is 2.07. The zero-order valence-electron chi connectivity index (χ0n) is 15.7. The summed E-state index contributed by atoms with van der Waals surface area (Å²) in [7, 11) is -4.65. The first-order valence-electron chi connectivity index (χ1n) is 8.63. The number of halogens is 2. The SMILES string of the molecule is Cc1cc(C)c(Nc2nc3cc(Cl)c(Cl)cc3n3cnc(P(=O)(O)O)c23)c(C)c1. The van der Waals surface area contributed by atoms with Crippen LogP contribution in [-0.2, 0) is 4.57 Å². The third-order valence-corrected chi connectivity index (χ3v) is 6.28. The van der Waals surface area contributed by atoms with E-state index in [0.717, 1.165) is 22.4 Å². The van der Waals surface area contributed by atoms with Gasteiger partial charge in [0.1, 0.15) is 11.8 Å². The molecule has 4 aromatic rings. The number of hydrogen-bond donors (Lipinski definition) is 3. The standard InChI is InChI=1S/C19H17Cl2N4O3P/c1-9-4-10(2)16(11(3)5-9)24-18-17-19(29(26,27)28)22-8-25(17)15-7-13(21)12(20)6-14(15)23-18/h4-8H,1-3H3,(H,23,24)(H2,26,27,28). The number of imidazole rings is 1. The van der Waals surface area contributed by atoms with Crippen LogP contribution in [0.2, 0.25) is 10.0 Å². The summed E-state index contributed by atoms with van der Waals surface area (Å²) < 4.78 is 13.6. The Bertz CT molecular complexity index is 1320. The van der Waals surface area contributed by atoms with Gasteiger partial charge in [0.15, 0.2) is 11.3 Å². The van der Waals surface area contributed by atoms with E-state index in [9.17, 15) is 14.4 Å². The van der Waals surface area contributed by atoms with Gasteiger partial charge in [-0.1, -0.05) is 40.9 Å². The van der Waals surface area contributed by atoms with Gasteiger partial charge in [-0.2, -0.15) is 0 Å². The highest BCUT2D eigenvalue weighted by molar-refractivity contribution is 7.60. The molecule has 0 unspecified atom stereocenters. The highest BCUT2D eigenvalue weighted by Crippen LogP contribution is 2.38. The van der Waals surface area contributed by atoms with Crippen LogP contribution in [0.1, 0.15) is 16.7 Å². The fourth-order valence-corrected chi connectivity index (χ4v) is 4.53. The molecule has 3 N–H and O–H groups in total. The van der Waals surface area contributed by atoms with Crippen molar-refractivity contribution in [3.8, 4) is 0 Å². The lowest BCUT2D eigenvalue weighted by Crippen LogP contribution is -2.10. The largest absolute Gasteiger partial charge is 0.376 e. The molecule has 2 heterocycles. The fraction of sp³-hybridized carbons (Fsp3) is 0.158. The average Bonchev–Trinajstić information content (AvgIpc) is 3.05. The van der Waals surface area contributed by atoms with Crippen LogP contribution in [-0.4, -0.2) is 24.2 Å². The van der Waals surface area contributed by atoms with Crippen LogP contribution in [0.5, 0.6) is 0 Å². The Kier molecular flexibility index (Phi) is 4.84. The van der Waals surface area contributed by atoms with Crippen LogP contribution in [0, 0.1) is 20.8 Å². The summed E-state index contributed by atoms with van der Waals surface area (Å²) in [6.07, 6.45) is 1.35. The molecule has 2 aromatic heterocycles. The normalized spacial score (nSPS) is 12.1. The summed E-state index contributed by atoms with van der Waals surface area (Å²) in [5.41, 5.74) is 4.75. The summed E-state index contributed by atoms with van der Waals surface area (Å²) in [6, 6.07) is 7.24. The second-order valence-corrected chi connectivity index (χ2v) is 9.27. The third-order valence-electron chi connectivity index (χ3n) is 4.68. The number of fused-ring (bicyclic) bond motifs is 3. The molecule has 0 radical (unpaired) electrons. The maximum Gasteiger partial charge on any atom is 0.376 e. The van der Waals surface area contributed by atoms with Crippen LogP contribution in [0.25, 0.3) is 16.6 Å². The number of aryl methyl sites for hydroxylation is 3. The van der Waals surface area contributed by atoms with Crippen LogP contribution in [0.3, 0.4) is 0 Å². The predicted molar refractivity (Wildman–Crippen MR) is 116 cm³/mol. The van der Waals surface area contributed by atoms with Gasteiger partial charge < -0.3 is 15.1 Å². The number of hydrogen-bond acceptors (Lipinski definition) is 4. The smallest absolute Gasteiger partial charge is 0.338 e. The molecule has 0 aliphatic carbocycles. The van der Waals surface area contributed by atoms with Crippen molar-refractivity contribution in [3.05, 3.63) is 57.3 Å². The van der Waals surface area contributed by atoms with Crippen molar-refractivity contribution in [2.45, 2.75) is 20.8 Å². The van der Waals surface area contributed by atoms with E-state index in [-0.39, 0.29) is 16.8 Å². The van der Waals surface area contributed by atoms with Crippen LogP contribution in [0.15, 0.2) is 30.6 Å². The number of nitrogens with one attached hydrogen (secondary N) is 1. The number of nitrogens with zero attached hydrogens (tertiary/aromatic N) is 3. The zero-order valence-corrected chi connectivity index (χ0v) is 18.1. The highest BCUT2D eigenvalue weighted by atomic mass is 35.5. The summed E-state index contributed by atoms with van der Waals surface area (Å²) in [5, 5.41) is 3.88. The molecule has 0 aliphatic heterocycles. The molecule has 0 amide bonds. The van der Waals surface area contributed by atoms with Crippen molar-refractivity contribution in [3.63, 3.8) is 0 Å². The number of rotatable bonds is 3. The molecule has 0 saturated carbocycles. The number of anilines is 2. The van der Waals surface area contributed by atoms with E-state index in [2.05, 4.69) is 15.3 Å². The van der Waals surface area contributed by atoms with Crippen LogP contribution in [0.4, 0.5) is 11.5 Å². The zero-order chi connectivity index (χ0) is 21.1. The summed E-state index contributed by atoms with van der Waals surface area (Å²) in [6.45, 7) is 5.92. The molecule has 0 aliphatic rings. The minimum atomic E-state index is -4.65. The topological polar surface area (TPSA) is 99.8 Å². The first-order valence-corrected chi connectivity index (χ1v) is 11.0. The molecular weight excluding hydrogens is 434 g/mol. The second-order valence-electron chi connectivity index (χ2n) is 6.94. The summed E-state index contributed by atoms with van der Waals surface area (Å²) in [4.78, 5) is 28.2. The van der Waals surface area contributed by atoms with Crippen molar-refractivity contribution in [2.75, 3.05) is 5.32 Å². The molecule has 150 valence electrons. The Morgan fingerprint density at radius 2 is 1.66 bits per heavy atom. The molecule has 10 heteroatoms. The highest BCUT2D eigenvalue weighted by Gasteiger charge is 2.28. The predicted octanol–water partition coefficient (Wildman–Crippen LogP) is 4.66. The summed E-state index contributed by atoms with van der Waals surface area (Å²) >= 11 is 12.3. The first kappa shape index (κ1) is 20.1. The molecule has 0 bridgehead atoms. The van der Waals surface area contributed by atoms with E-state index in [1.54, 1.807) is 16.5 Å². The molecule has 0 saturated heterocycles. The van der Waals surface area contributed by atoms with Gasteiger partial charge in [0.25, 0.3) is 0 Å². The fourth-order valence-electron chi connectivity index (χ4n) is 3.52. The van der Waals surface area contributed by atoms with Crippen molar-refractivity contribution in [1.82, 2.24) is 14.4 Å². The minimum Gasteiger partial charge on any atom is -0.338 e. The van der Waals surface area contributed by atoms with E-state index in [0.29, 0.717) is 21.1 Å². The molecule has 0 fully saturated rings. The maximum absolute atomic E-state index is 12.1. The van der Waals surface area contributed by atoms with Gasteiger partial charge in [-0.15, -0.1) is 0 Å². The average molecular weight is 451 g/mol. The Labute approximate surface area is 176 Å². The lowest BCUT2D eigenvalue weighted by Gasteiger charge is -2.16. The van der Waals surface area contributed by atoms with Gasteiger partial charge in [-0.25, -0.2) is 9.97 Å². The minimum absolute atomic E-state index is 0.184. The molecule has 7 nitrogen and oxygen atoms in total. The van der Waals surface area contributed by atoms with E-state index >= 15 is 0 Å². The number of benzene rings is 2. The quantitative estimate of drug-likeness (QED) is 0.392. The summed E-state index contributed by atoms with van der Waals surface area (Å²) in [5.74, 6) is 0.266.